The predicted molar refractivity (Wildman–Crippen MR) is 46.7 cm³/mol. The Morgan fingerprint density at radius 2 is 2.12 bits per heavy atom. The number of halogens is 4. The minimum Gasteiger partial charge on any atom is -0.506 e. The van der Waals surface area contributed by atoms with E-state index in [1.165, 1.54) is 0 Å². The molecule has 4 nitrogen and oxygen atoms in total. The molecule has 0 atom stereocenters. The normalized spacial score (nSPS) is 11.0. The van der Waals surface area contributed by atoms with Gasteiger partial charge in [-0.3, -0.25) is 4.98 Å². The van der Waals surface area contributed by atoms with Crippen LogP contribution in [0.15, 0.2) is 6.20 Å². The van der Waals surface area contributed by atoms with Gasteiger partial charge in [0.15, 0.2) is 5.75 Å². The van der Waals surface area contributed by atoms with Gasteiger partial charge in [-0.25, -0.2) is 4.39 Å². The van der Waals surface area contributed by atoms with Gasteiger partial charge in [0, 0.05) is 0 Å². The van der Waals surface area contributed by atoms with Crippen LogP contribution in [0.2, 0.25) is 0 Å². The fourth-order valence-corrected chi connectivity index (χ4v) is 1.13. The van der Waals surface area contributed by atoms with Crippen LogP contribution in [-0.2, 0) is 13.1 Å². The minimum absolute atomic E-state index is 0.379. The van der Waals surface area contributed by atoms with Crippen LogP contribution >= 0.6 is 0 Å². The maximum atomic E-state index is 12.5. The Morgan fingerprint density at radius 1 is 1.47 bits per heavy atom. The lowest BCUT2D eigenvalue weighted by Crippen LogP contribution is -2.19. The van der Waals surface area contributed by atoms with Gasteiger partial charge in [-0.15, -0.1) is 13.2 Å². The van der Waals surface area contributed by atoms with Gasteiger partial charge >= 0.3 is 6.36 Å². The van der Waals surface area contributed by atoms with E-state index in [0.29, 0.717) is 0 Å². The van der Waals surface area contributed by atoms with Crippen molar-refractivity contribution in [3.8, 4) is 17.6 Å². The zero-order chi connectivity index (χ0) is 13.1. The topological polar surface area (TPSA) is 66.1 Å². The third-order valence-corrected chi connectivity index (χ3v) is 1.79. The van der Waals surface area contributed by atoms with Gasteiger partial charge < -0.3 is 9.84 Å². The van der Waals surface area contributed by atoms with Gasteiger partial charge in [-0.2, -0.15) is 5.26 Å². The van der Waals surface area contributed by atoms with E-state index in [9.17, 15) is 17.6 Å². The van der Waals surface area contributed by atoms with Gasteiger partial charge in [0.05, 0.1) is 29.9 Å². The first-order valence-electron chi connectivity index (χ1n) is 4.27. The molecule has 0 radical (unpaired) electrons. The van der Waals surface area contributed by atoms with Crippen molar-refractivity contribution in [3.63, 3.8) is 0 Å². The average Bonchev–Trinajstić information content (AvgIpc) is 2.21. The van der Waals surface area contributed by atoms with Crippen LogP contribution in [0.1, 0.15) is 11.3 Å². The first-order valence-corrected chi connectivity index (χ1v) is 4.27. The summed E-state index contributed by atoms with van der Waals surface area (Å²) < 4.78 is 52.3. The molecule has 0 aliphatic carbocycles. The molecule has 0 saturated heterocycles. The highest BCUT2D eigenvalue weighted by Crippen LogP contribution is 2.34. The number of nitrogens with zero attached hydrogens (tertiary/aromatic N) is 2. The summed E-state index contributed by atoms with van der Waals surface area (Å²) in [6.45, 7) is -1.36. The molecule has 1 rings (SSSR count). The third kappa shape index (κ3) is 3.21. The highest BCUT2D eigenvalue weighted by atomic mass is 19.4. The number of rotatable bonds is 3. The molecule has 1 N–H and O–H groups in total. The monoisotopic (exact) mass is 250 g/mol. The molecule has 0 aliphatic rings. The van der Waals surface area contributed by atoms with Crippen LogP contribution < -0.4 is 4.74 Å². The van der Waals surface area contributed by atoms with Crippen molar-refractivity contribution in [2.45, 2.75) is 19.5 Å². The quantitative estimate of drug-likeness (QED) is 0.835. The number of hydrogen-bond donors (Lipinski definition) is 1. The third-order valence-electron chi connectivity index (χ3n) is 1.79. The smallest absolute Gasteiger partial charge is 0.506 e. The van der Waals surface area contributed by atoms with Crippen LogP contribution in [0.3, 0.4) is 0 Å². The van der Waals surface area contributed by atoms with E-state index in [0.717, 1.165) is 6.20 Å². The molecule has 0 aliphatic heterocycles. The highest BCUT2D eigenvalue weighted by Gasteiger charge is 2.34. The largest absolute Gasteiger partial charge is 0.573 e. The Kier molecular flexibility index (Phi) is 3.73. The Morgan fingerprint density at radius 3 is 2.59 bits per heavy atom. The number of pyridine rings is 1. The molecule has 17 heavy (non-hydrogen) atoms. The van der Waals surface area contributed by atoms with E-state index in [-0.39, 0.29) is 5.69 Å². The van der Waals surface area contributed by atoms with Crippen molar-refractivity contribution >= 4 is 0 Å². The molecular weight excluding hydrogens is 244 g/mol. The molecule has 1 heterocycles. The van der Waals surface area contributed by atoms with Crippen molar-refractivity contribution in [1.29, 1.82) is 5.26 Å². The Labute approximate surface area is 93.1 Å². The number of aromatic hydroxyl groups is 1. The average molecular weight is 250 g/mol. The molecular formula is C9H6F4N2O2. The molecule has 0 spiro atoms. The maximum absolute atomic E-state index is 12.5. The van der Waals surface area contributed by atoms with E-state index in [1.54, 1.807) is 6.07 Å². The summed E-state index contributed by atoms with van der Waals surface area (Å²) in [6, 6.07) is 1.57. The lowest BCUT2D eigenvalue weighted by atomic mass is 10.1. The molecule has 0 unspecified atom stereocenters. The van der Waals surface area contributed by atoms with E-state index in [1.807, 2.05) is 0 Å². The van der Waals surface area contributed by atoms with Crippen molar-refractivity contribution in [1.82, 2.24) is 4.98 Å². The SMILES string of the molecule is N#CCc1ncc(O)c(CF)c1OC(F)(F)F. The summed E-state index contributed by atoms with van der Waals surface area (Å²) in [6.07, 6.45) is -4.77. The van der Waals surface area contributed by atoms with Gasteiger partial charge in [0.25, 0.3) is 0 Å². The van der Waals surface area contributed by atoms with Crippen molar-refractivity contribution < 1.29 is 27.4 Å². The second-order valence-corrected chi connectivity index (χ2v) is 2.91. The lowest BCUT2D eigenvalue weighted by molar-refractivity contribution is -0.275. The summed E-state index contributed by atoms with van der Waals surface area (Å²) >= 11 is 0. The molecule has 0 saturated carbocycles. The molecule has 92 valence electrons. The van der Waals surface area contributed by atoms with Crippen molar-refractivity contribution in [2.24, 2.45) is 0 Å². The Bertz CT molecular complexity index is 454. The molecule has 0 aromatic carbocycles. The Hall–Kier alpha value is -2.04. The molecule has 1 aromatic rings. The lowest BCUT2D eigenvalue weighted by Gasteiger charge is -2.14. The van der Waals surface area contributed by atoms with E-state index >= 15 is 0 Å². The fourth-order valence-electron chi connectivity index (χ4n) is 1.13. The van der Waals surface area contributed by atoms with Gasteiger partial charge in [0.2, 0.25) is 0 Å². The number of alkyl halides is 4. The molecule has 0 fully saturated rings. The Balaban J connectivity index is 3.29. The van der Waals surface area contributed by atoms with Crippen LogP contribution in [0.25, 0.3) is 0 Å². The number of hydrogen-bond acceptors (Lipinski definition) is 4. The van der Waals surface area contributed by atoms with Crippen LogP contribution in [-0.4, -0.2) is 16.5 Å². The van der Waals surface area contributed by atoms with Crippen LogP contribution in [0.5, 0.6) is 11.5 Å². The molecule has 0 amide bonds. The van der Waals surface area contributed by atoms with Crippen LogP contribution in [0, 0.1) is 11.3 Å². The standard InChI is InChI=1S/C9H6F4N2O2/c10-3-5-7(16)4-15-6(1-2-14)8(5)17-9(11,12)13/h4,16H,1,3H2. The second-order valence-electron chi connectivity index (χ2n) is 2.91. The molecule has 1 aromatic heterocycles. The summed E-state index contributed by atoms with van der Waals surface area (Å²) in [4.78, 5) is 3.40. The van der Waals surface area contributed by atoms with Gasteiger partial charge in [-0.05, 0) is 0 Å². The summed E-state index contributed by atoms with van der Waals surface area (Å²) in [5, 5.41) is 17.5. The first-order chi connectivity index (χ1) is 7.89. The zero-order valence-electron chi connectivity index (χ0n) is 8.25. The molecule has 8 heteroatoms. The van der Waals surface area contributed by atoms with Crippen molar-refractivity contribution in [2.75, 3.05) is 0 Å². The van der Waals surface area contributed by atoms with Gasteiger partial charge in [0.1, 0.15) is 12.4 Å². The van der Waals surface area contributed by atoms with Crippen molar-refractivity contribution in [3.05, 3.63) is 17.5 Å². The summed E-state index contributed by atoms with van der Waals surface area (Å²) in [5.41, 5.74) is -1.06. The van der Waals surface area contributed by atoms with Gasteiger partial charge in [-0.1, -0.05) is 0 Å². The number of ether oxygens (including phenoxy) is 1. The van der Waals surface area contributed by atoms with E-state index in [2.05, 4.69) is 9.72 Å². The second kappa shape index (κ2) is 4.86. The van der Waals surface area contributed by atoms with E-state index in [4.69, 9.17) is 10.4 Å². The first kappa shape index (κ1) is 13.0. The highest BCUT2D eigenvalue weighted by molar-refractivity contribution is 5.46. The number of nitriles is 1. The summed E-state index contributed by atoms with van der Waals surface area (Å²) in [5.74, 6) is -1.71. The predicted octanol–water partition coefficient (Wildman–Crippen LogP) is 2.22. The number of aromatic nitrogens is 1. The zero-order valence-corrected chi connectivity index (χ0v) is 8.25. The van der Waals surface area contributed by atoms with E-state index < -0.39 is 36.5 Å². The summed E-state index contributed by atoms with van der Waals surface area (Å²) in [7, 11) is 0. The minimum atomic E-state index is -5.05. The molecule has 0 bridgehead atoms. The fraction of sp³-hybridized carbons (Fsp3) is 0.333. The van der Waals surface area contributed by atoms with Crippen LogP contribution in [0.4, 0.5) is 17.6 Å². The maximum Gasteiger partial charge on any atom is 0.573 e.